The molecule has 6 nitrogen and oxygen atoms in total. The predicted molar refractivity (Wildman–Crippen MR) is 96.6 cm³/mol. The van der Waals surface area contributed by atoms with Crippen LogP contribution in [0, 0.1) is 5.92 Å². The fourth-order valence-corrected chi connectivity index (χ4v) is 5.05. The number of rotatable bonds is 5. The number of carbonyl (C=O) groups excluding carboxylic acids is 2. The zero-order chi connectivity index (χ0) is 17.3. The van der Waals surface area contributed by atoms with Gasteiger partial charge in [0.15, 0.2) is 5.16 Å². The van der Waals surface area contributed by atoms with Crippen LogP contribution in [-0.2, 0) is 24.7 Å². The van der Waals surface area contributed by atoms with E-state index in [1.165, 1.54) is 28.0 Å². The Bertz CT molecular complexity index is 781. The largest absolute Gasteiger partial charge is 0.365 e. The zero-order valence-electron chi connectivity index (χ0n) is 13.7. The van der Waals surface area contributed by atoms with Crippen molar-refractivity contribution in [1.29, 1.82) is 0 Å². The van der Waals surface area contributed by atoms with E-state index in [1.807, 2.05) is 17.8 Å². The molecule has 0 fully saturated rings. The van der Waals surface area contributed by atoms with Gasteiger partial charge in [0.25, 0.3) is 5.91 Å². The Hall–Kier alpha value is -1.80. The Morgan fingerprint density at radius 3 is 3.00 bits per heavy atom. The average Bonchev–Trinajstić information content (AvgIpc) is 3.07. The lowest BCUT2D eigenvalue weighted by atomic mass is 9.88. The van der Waals surface area contributed by atoms with E-state index in [2.05, 4.69) is 17.2 Å². The second kappa shape index (κ2) is 6.98. The molecule has 24 heavy (non-hydrogen) atoms. The van der Waals surface area contributed by atoms with Gasteiger partial charge in [-0.2, -0.15) is 0 Å². The lowest BCUT2D eigenvalue weighted by Crippen LogP contribution is -2.20. The molecule has 0 saturated heterocycles. The van der Waals surface area contributed by atoms with E-state index in [1.54, 1.807) is 6.20 Å². The quantitative estimate of drug-likeness (QED) is 0.798. The molecule has 1 aliphatic rings. The Morgan fingerprint density at radius 2 is 2.33 bits per heavy atom. The van der Waals surface area contributed by atoms with Crippen LogP contribution in [-0.4, -0.2) is 27.1 Å². The average molecular weight is 364 g/mol. The van der Waals surface area contributed by atoms with Gasteiger partial charge in [-0.05, 0) is 30.7 Å². The van der Waals surface area contributed by atoms with Crippen LogP contribution in [0.25, 0.3) is 0 Å². The summed E-state index contributed by atoms with van der Waals surface area (Å²) in [5.74, 6) is 0.216. The highest BCUT2D eigenvalue weighted by atomic mass is 32.2. The minimum absolute atomic E-state index is 0.155. The summed E-state index contributed by atoms with van der Waals surface area (Å²) >= 11 is 2.84. The van der Waals surface area contributed by atoms with Crippen molar-refractivity contribution in [1.82, 2.24) is 9.55 Å². The lowest BCUT2D eigenvalue weighted by Gasteiger charge is -2.18. The lowest BCUT2D eigenvalue weighted by molar-refractivity contribution is -0.113. The van der Waals surface area contributed by atoms with Crippen molar-refractivity contribution in [3.05, 3.63) is 28.4 Å². The molecule has 3 N–H and O–H groups in total. The number of nitrogens with two attached hydrogens (primary N) is 1. The van der Waals surface area contributed by atoms with Crippen LogP contribution in [0.4, 0.5) is 5.00 Å². The van der Waals surface area contributed by atoms with E-state index in [9.17, 15) is 9.59 Å². The molecular weight excluding hydrogens is 344 g/mol. The first-order chi connectivity index (χ1) is 11.5. The molecule has 2 aromatic heterocycles. The summed E-state index contributed by atoms with van der Waals surface area (Å²) in [6.07, 6.45) is 6.37. The summed E-state index contributed by atoms with van der Waals surface area (Å²) in [7, 11) is 1.88. The molecular formula is C16H20N4O2S2. The van der Waals surface area contributed by atoms with Gasteiger partial charge in [-0.25, -0.2) is 4.98 Å². The first kappa shape index (κ1) is 17.0. The second-order valence-electron chi connectivity index (χ2n) is 6.08. The molecule has 0 bridgehead atoms. The monoisotopic (exact) mass is 364 g/mol. The number of aromatic nitrogens is 2. The van der Waals surface area contributed by atoms with Crippen LogP contribution in [0.5, 0.6) is 0 Å². The van der Waals surface area contributed by atoms with Crippen molar-refractivity contribution in [2.24, 2.45) is 18.7 Å². The molecule has 0 aromatic carbocycles. The van der Waals surface area contributed by atoms with Gasteiger partial charge in [0, 0.05) is 24.3 Å². The van der Waals surface area contributed by atoms with Crippen LogP contribution in [0.15, 0.2) is 17.6 Å². The molecule has 1 atom stereocenters. The Labute approximate surface area is 148 Å². The van der Waals surface area contributed by atoms with Gasteiger partial charge in [0.2, 0.25) is 5.91 Å². The van der Waals surface area contributed by atoms with Crippen LogP contribution >= 0.6 is 23.1 Å². The minimum atomic E-state index is -0.464. The Kier molecular flexibility index (Phi) is 4.96. The van der Waals surface area contributed by atoms with Crippen molar-refractivity contribution < 1.29 is 9.59 Å². The third-order valence-electron chi connectivity index (χ3n) is 4.12. The van der Waals surface area contributed by atoms with E-state index in [-0.39, 0.29) is 11.7 Å². The van der Waals surface area contributed by atoms with Gasteiger partial charge in [0.05, 0.1) is 11.3 Å². The molecule has 0 spiro atoms. The van der Waals surface area contributed by atoms with E-state index in [0.29, 0.717) is 16.5 Å². The Morgan fingerprint density at radius 1 is 1.54 bits per heavy atom. The van der Waals surface area contributed by atoms with Gasteiger partial charge >= 0.3 is 0 Å². The molecule has 8 heteroatoms. The maximum Gasteiger partial charge on any atom is 0.251 e. The van der Waals surface area contributed by atoms with Crippen molar-refractivity contribution in [3.8, 4) is 0 Å². The summed E-state index contributed by atoms with van der Waals surface area (Å²) in [6.45, 7) is 2.20. The molecule has 0 saturated carbocycles. The van der Waals surface area contributed by atoms with E-state index in [4.69, 9.17) is 5.73 Å². The van der Waals surface area contributed by atoms with Gasteiger partial charge in [-0.15, -0.1) is 11.3 Å². The van der Waals surface area contributed by atoms with Crippen molar-refractivity contribution in [3.63, 3.8) is 0 Å². The van der Waals surface area contributed by atoms with Crippen LogP contribution in [0.2, 0.25) is 0 Å². The Balaban J connectivity index is 1.73. The van der Waals surface area contributed by atoms with Crippen molar-refractivity contribution >= 4 is 39.9 Å². The number of fused-ring (bicyclic) bond motifs is 1. The van der Waals surface area contributed by atoms with E-state index >= 15 is 0 Å². The SMILES string of the molecule is C[C@H]1CCc2c(sc(NC(=O)CSc3nccn3C)c2C(N)=O)C1. The molecule has 0 aliphatic heterocycles. The fourth-order valence-electron chi connectivity index (χ4n) is 2.88. The van der Waals surface area contributed by atoms with Gasteiger partial charge in [-0.3, -0.25) is 9.59 Å². The van der Waals surface area contributed by atoms with Crippen LogP contribution < -0.4 is 11.1 Å². The van der Waals surface area contributed by atoms with Crippen molar-refractivity contribution in [2.45, 2.75) is 31.3 Å². The normalized spacial score (nSPS) is 16.7. The van der Waals surface area contributed by atoms with Crippen LogP contribution in [0.1, 0.15) is 34.1 Å². The number of primary amides is 1. The molecule has 3 rings (SSSR count). The maximum atomic E-state index is 12.3. The summed E-state index contributed by atoms with van der Waals surface area (Å²) in [5, 5.41) is 4.23. The highest BCUT2D eigenvalue weighted by Gasteiger charge is 2.27. The molecule has 2 heterocycles. The number of carbonyl (C=O) groups is 2. The van der Waals surface area contributed by atoms with Crippen LogP contribution in [0.3, 0.4) is 0 Å². The van der Waals surface area contributed by atoms with Gasteiger partial charge in [0.1, 0.15) is 5.00 Å². The van der Waals surface area contributed by atoms with Crippen molar-refractivity contribution in [2.75, 3.05) is 11.1 Å². The zero-order valence-corrected chi connectivity index (χ0v) is 15.3. The summed E-state index contributed by atoms with van der Waals surface area (Å²) < 4.78 is 1.86. The predicted octanol–water partition coefficient (Wildman–Crippen LogP) is 2.44. The molecule has 128 valence electrons. The number of nitrogens with one attached hydrogen (secondary N) is 1. The number of hydrogen-bond donors (Lipinski definition) is 2. The standard InChI is InChI=1S/C16H20N4O2S2/c1-9-3-4-10-11(7-9)24-15(13(10)14(17)22)19-12(21)8-23-16-18-5-6-20(16)2/h5-6,9H,3-4,7-8H2,1-2H3,(H2,17,22)(H,19,21)/t9-/m0/s1. The summed E-state index contributed by atoms with van der Waals surface area (Å²) in [6, 6.07) is 0. The molecule has 2 aromatic rings. The number of amides is 2. The highest BCUT2D eigenvalue weighted by Crippen LogP contribution is 2.39. The molecule has 1 aliphatic carbocycles. The number of thioether (sulfide) groups is 1. The number of anilines is 1. The third kappa shape index (κ3) is 3.49. The van der Waals surface area contributed by atoms with E-state index < -0.39 is 5.91 Å². The van der Waals surface area contributed by atoms with Gasteiger partial charge < -0.3 is 15.6 Å². The number of thiophene rings is 1. The summed E-state index contributed by atoms with van der Waals surface area (Å²) in [4.78, 5) is 29.5. The number of imidazole rings is 1. The second-order valence-corrected chi connectivity index (χ2v) is 8.13. The number of nitrogens with zero attached hydrogens (tertiary/aromatic N) is 2. The number of aryl methyl sites for hydroxylation is 1. The molecule has 0 unspecified atom stereocenters. The maximum absolute atomic E-state index is 12.3. The first-order valence-electron chi connectivity index (χ1n) is 7.80. The van der Waals surface area contributed by atoms with E-state index in [0.717, 1.165) is 30.0 Å². The molecule has 0 radical (unpaired) electrons. The fraction of sp³-hybridized carbons (Fsp3) is 0.438. The third-order valence-corrected chi connectivity index (χ3v) is 6.35. The number of hydrogen-bond acceptors (Lipinski definition) is 5. The topological polar surface area (TPSA) is 90.0 Å². The molecule has 2 amide bonds. The highest BCUT2D eigenvalue weighted by molar-refractivity contribution is 7.99. The van der Waals surface area contributed by atoms with Gasteiger partial charge in [-0.1, -0.05) is 18.7 Å². The first-order valence-corrected chi connectivity index (χ1v) is 9.60. The minimum Gasteiger partial charge on any atom is -0.365 e. The smallest absolute Gasteiger partial charge is 0.251 e. The summed E-state index contributed by atoms with van der Waals surface area (Å²) in [5.41, 5.74) is 7.09.